The first-order chi connectivity index (χ1) is 9.49. The Morgan fingerprint density at radius 3 is 2.60 bits per heavy atom. The summed E-state index contributed by atoms with van der Waals surface area (Å²) in [6.07, 6.45) is -1.64. The molecule has 0 spiro atoms. The van der Waals surface area contributed by atoms with Gasteiger partial charge in [0, 0.05) is 5.56 Å². The maximum atomic E-state index is 11.8. The third kappa shape index (κ3) is 4.13. The SMILES string of the molecule is CCOc1ccc(C(=O)NC[C@H](O)C(=O)O)cc1OC. The van der Waals surface area contributed by atoms with Crippen LogP contribution in [0, 0.1) is 0 Å². The van der Waals surface area contributed by atoms with Gasteiger partial charge < -0.3 is 25.0 Å². The number of carbonyl (C=O) groups excluding carboxylic acids is 1. The molecule has 1 atom stereocenters. The number of carbonyl (C=O) groups is 2. The minimum absolute atomic E-state index is 0.280. The monoisotopic (exact) mass is 283 g/mol. The molecule has 0 unspecified atom stereocenters. The van der Waals surface area contributed by atoms with Gasteiger partial charge in [-0.15, -0.1) is 0 Å². The molecule has 7 nitrogen and oxygen atoms in total. The molecule has 1 aromatic rings. The van der Waals surface area contributed by atoms with Gasteiger partial charge in [0.15, 0.2) is 17.6 Å². The second-order valence-corrected chi connectivity index (χ2v) is 3.86. The lowest BCUT2D eigenvalue weighted by atomic mass is 10.2. The fraction of sp³-hybridized carbons (Fsp3) is 0.385. The standard InChI is InChI=1S/C13H17NO6/c1-3-20-10-5-4-8(6-11(10)19-2)12(16)14-7-9(15)13(17)18/h4-6,9,15H,3,7H2,1-2H3,(H,14,16)(H,17,18)/t9-/m0/s1. The summed E-state index contributed by atoms with van der Waals surface area (Å²) >= 11 is 0. The molecule has 7 heteroatoms. The van der Waals surface area contributed by atoms with Crippen LogP contribution in [0.15, 0.2) is 18.2 Å². The number of aliphatic hydroxyl groups is 1. The molecule has 0 fully saturated rings. The van der Waals surface area contributed by atoms with Crippen molar-refractivity contribution in [2.75, 3.05) is 20.3 Å². The molecule has 0 aliphatic rings. The van der Waals surface area contributed by atoms with E-state index < -0.39 is 18.0 Å². The lowest BCUT2D eigenvalue weighted by molar-refractivity contribution is -0.146. The number of aliphatic hydroxyl groups excluding tert-OH is 1. The fourth-order valence-electron chi connectivity index (χ4n) is 1.46. The Morgan fingerprint density at radius 2 is 2.05 bits per heavy atom. The summed E-state index contributed by atoms with van der Waals surface area (Å²) in [6.45, 7) is 1.92. The van der Waals surface area contributed by atoms with Gasteiger partial charge in [0.1, 0.15) is 0 Å². The van der Waals surface area contributed by atoms with Crippen LogP contribution in [0.25, 0.3) is 0 Å². The van der Waals surface area contributed by atoms with Crippen molar-refractivity contribution < 1.29 is 29.3 Å². The first kappa shape index (κ1) is 15.8. The summed E-state index contributed by atoms with van der Waals surface area (Å²) < 4.78 is 10.4. The number of nitrogens with one attached hydrogen (secondary N) is 1. The topological polar surface area (TPSA) is 105 Å². The van der Waals surface area contributed by atoms with Gasteiger partial charge in [-0.1, -0.05) is 0 Å². The minimum Gasteiger partial charge on any atom is -0.493 e. The third-order valence-electron chi connectivity index (χ3n) is 2.47. The largest absolute Gasteiger partial charge is 0.493 e. The summed E-state index contributed by atoms with van der Waals surface area (Å²) in [4.78, 5) is 22.2. The number of carboxylic acid groups (broad SMARTS) is 1. The van der Waals surface area contributed by atoms with Gasteiger partial charge in [0.25, 0.3) is 5.91 Å². The molecule has 1 aromatic carbocycles. The van der Waals surface area contributed by atoms with Gasteiger partial charge in [-0.3, -0.25) is 4.79 Å². The van der Waals surface area contributed by atoms with E-state index in [1.807, 2.05) is 6.92 Å². The van der Waals surface area contributed by atoms with Crippen molar-refractivity contribution in [2.24, 2.45) is 0 Å². The molecule has 0 heterocycles. The zero-order valence-electron chi connectivity index (χ0n) is 11.3. The lowest BCUT2D eigenvalue weighted by Gasteiger charge is -2.11. The second-order valence-electron chi connectivity index (χ2n) is 3.86. The summed E-state index contributed by atoms with van der Waals surface area (Å²) in [5.74, 6) is -0.989. The molecule has 0 aliphatic heterocycles. The van der Waals surface area contributed by atoms with Crippen LogP contribution < -0.4 is 14.8 Å². The van der Waals surface area contributed by atoms with Gasteiger partial charge in [0.2, 0.25) is 0 Å². The van der Waals surface area contributed by atoms with E-state index in [4.69, 9.17) is 19.7 Å². The number of hydrogen-bond acceptors (Lipinski definition) is 5. The van der Waals surface area contributed by atoms with Crippen LogP contribution in [0.4, 0.5) is 0 Å². The molecular formula is C13H17NO6. The maximum Gasteiger partial charge on any atom is 0.334 e. The van der Waals surface area contributed by atoms with E-state index in [-0.39, 0.29) is 12.1 Å². The van der Waals surface area contributed by atoms with E-state index in [2.05, 4.69) is 5.32 Å². The smallest absolute Gasteiger partial charge is 0.334 e. The van der Waals surface area contributed by atoms with E-state index in [0.29, 0.717) is 18.1 Å². The normalized spacial score (nSPS) is 11.6. The summed E-state index contributed by atoms with van der Waals surface area (Å²) in [5.41, 5.74) is 0.280. The van der Waals surface area contributed by atoms with Crippen molar-refractivity contribution in [1.29, 1.82) is 0 Å². The van der Waals surface area contributed by atoms with E-state index in [0.717, 1.165) is 0 Å². The molecule has 0 radical (unpaired) electrons. The van der Waals surface area contributed by atoms with Crippen LogP contribution in [0.1, 0.15) is 17.3 Å². The summed E-state index contributed by atoms with van der Waals surface area (Å²) in [7, 11) is 1.45. The summed E-state index contributed by atoms with van der Waals surface area (Å²) in [6, 6.07) is 4.59. The first-order valence-corrected chi connectivity index (χ1v) is 5.99. The van der Waals surface area contributed by atoms with Crippen LogP contribution in [0.2, 0.25) is 0 Å². The fourth-order valence-corrected chi connectivity index (χ4v) is 1.46. The van der Waals surface area contributed by atoms with Crippen LogP contribution in [0.3, 0.4) is 0 Å². The molecule has 0 bridgehead atoms. The van der Waals surface area contributed by atoms with E-state index in [1.54, 1.807) is 6.07 Å². The molecule has 3 N–H and O–H groups in total. The Kier molecular flexibility index (Phi) is 5.79. The molecule has 0 saturated heterocycles. The highest BCUT2D eigenvalue weighted by atomic mass is 16.5. The number of benzene rings is 1. The van der Waals surface area contributed by atoms with E-state index in [1.165, 1.54) is 19.2 Å². The number of rotatable bonds is 7. The molecule has 1 rings (SSSR count). The van der Waals surface area contributed by atoms with Gasteiger partial charge in [-0.05, 0) is 25.1 Å². The highest BCUT2D eigenvalue weighted by Gasteiger charge is 2.16. The number of hydrogen-bond donors (Lipinski definition) is 3. The van der Waals surface area contributed by atoms with Crippen LogP contribution in [-0.2, 0) is 4.79 Å². The lowest BCUT2D eigenvalue weighted by Crippen LogP contribution is -2.36. The predicted octanol–water partition coefficient (Wildman–Crippen LogP) is 0.269. The molecular weight excluding hydrogens is 266 g/mol. The Balaban J connectivity index is 2.76. The predicted molar refractivity (Wildman–Crippen MR) is 70.1 cm³/mol. The quantitative estimate of drug-likeness (QED) is 0.663. The minimum atomic E-state index is -1.64. The van der Waals surface area contributed by atoms with Crippen LogP contribution in [-0.4, -0.2) is 48.5 Å². The summed E-state index contributed by atoms with van der Waals surface area (Å²) in [5, 5.41) is 19.9. The molecule has 0 aliphatic carbocycles. The average Bonchev–Trinajstić information content (AvgIpc) is 2.44. The number of amides is 1. The van der Waals surface area contributed by atoms with Crippen molar-refractivity contribution in [3.8, 4) is 11.5 Å². The Bertz CT molecular complexity index is 488. The zero-order chi connectivity index (χ0) is 15.1. The molecule has 0 saturated carbocycles. The van der Waals surface area contributed by atoms with Crippen molar-refractivity contribution in [3.05, 3.63) is 23.8 Å². The first-order valence-electron chi connectivity index (χ1n) is 5.99. The highest BCUT2D eigenvalue weighted by Crippen LogP contribution is 2.27. The Morgan fingerprint density at radius 1 is 1.35 bits per heavy atom. The Hall–Kier alpha value is -2.28. The van der Waals surface area contributed by atoms with E-state index >= 15 is 0 Å². The van der Waals surface area contributed by atoms with Gasteiger partial charge in [-0.2, -0.15) is 0 Å². The van der Waals surface area contributed by atoms with E-state index in [9.17, 15) is 9.59 Å². The third-order valence-corrected chi connectivity index (χ3v) is 2.47. The Labute approximate surface area is 116 Å². The van der Waals surface area contributed by atoms with Gasteiger partial charge in [0.05, 0.1) is 20.3 Å². The second kappa shape index (κ2) is 7.34. The zero-order valence-corrected chi connectivity index (χ0v) is 11.3. The van der Waals surface area contributed by atoms with Gasteiger partial charge in [-0.25, -0.2) is 4.79 Å². The average molecular weight is 283 g/mol. The van der Waals surface area contributed by atoms with Crippen molar-refractivity contribution in [3.63, 3.8) is 0 Å². The molecule has 110 valence electrons. The molecule has 1 amide bonds. The number of methoxy groups -OCH3 is 1. The van der Waals surface area contributed by atoms with Gasteiger partial charge >= 0.3 is 5.97 Å². The van der Waals surface area contributed by atoms with Crippen molar-refractivity contribution in [1.82, 2.24) is 5.32 Å². The number of ether oxygens (including phenoxy) is 2. The number of aliphatic carboxylic acids is 1. The van der Waals surface area contributed by atoms with Crippen molar-refractivity contribution in [2.45, 2.75) is 13.0 Å². The van der Waals surface area contributed by atoms with Crippen LogP contribution >= 0.6 is 0 Å². The van der Waals surface area contributed by atoms with Crippen molar-refractivity contribution >= 4 is 11.9 Å². The maximum absolute atomic E-state index is 11.8. The van der Waals surface area contributed by atoms with Crippen LogP contribution in [0.5, 0.6) is 11.5 Å². The molecule has 0 aromatic heterocycles. The highest BCUT2D eigenvalue weighted by molar-refractivity contribution is 5.95. The molecule has 20 heavy (non-hydrogen) atoms. The number of carboxylic acids is 1.